The molecule has 1 saturated heterocycles. The van der Waals surface area contributed by atoms with Crippen molar-refractivity contribution >= 4 is 27.5 Å². The Bertz CT molecular complexity index is 634. The number of amides is 1. The minimum Gasteiger partial charge on any atom is -0.379 e. The number of morpholine rings is 1. The molecular weight excluding hydrogens is 322 g/mol. The minimum absolute atomic E-state index is 0.135. The number of aromatic nitrogens is 1. The van der Waals surface area contributed by atoms with Crippen LogP contribution < -0.4 is 5.32 Å². The Balaban J connectivity index is 1.36. The molecular formula is C18H25N3O2S. The van der Waals surface area contributed by atoms with Crippen LogP contribution in [0, 0.1) is 0 Å². The van der Waals surface area contributed by atoms with Crippen LogP contribution in [0.1, 0.15) is 24.8 Å². The Morgan fingerprint density at radius 2 is 2.17 bits per heavy atom. The van der Waals surface area contributed by atoms with Crippen molar-refractivity contribution in [3.63, 3.8) is 0 Å². The molecule has 0 radical (unpaired) electrons. The van der Waals surface area contributed by atoms with Crippen molar-refractivity contribution in [1.82, 2.24) is 15.2 Å². The van der Waals surface area contributed by atoms with Crippen LogP contribution in [0.4, 0.5) is 0 Å². The van der Waals surface area contributed by atoms with E-state index in [1.54, 1.807) is 11.3 Å². The first-order valence-corrected chi connectivity index (χ1v) is 9.47. The zero-order valence-corrected chi connectivity index (χ0v) is 15.0. The molecule has 0 aliphatic carbocycles. The van der Waals surface area contributed by atoms with Crippen molar-refractivity contribution in [2.45, 2.75) is 32.2 Å². The maximum Gasteiger partial charge on any atom is 0.220 e. The molecule has 1 aromatic heterocycles. The van der Waals surface area contributed by atoms with Crippen molar-refractivity contribution in [2.75, 3.05) is 32.8 Å². The maximum atomic E-state index is 12.0. The van der Waals surface area contributed by atoms with Crippen molar-refractivity contribution in [1.29, 1.82) is 0 Å². The van der Waals surface area contributed by atoms with Gasteiger partial charge in [-0.3, -0.25) is 9.69 Å². The number of benzene rings is 1. The number of nitrogens with zero attached hydrogens (tertiary/aromatic N) is 2. The second-order valence-electron chi connectivity index (χ2n) is 6.23. The number of nitrogens with one attached hydrogen (secondary N) is 1. The van der Waals surface area contributed by atoms with E-state index < -0.39 is 0 Å². The molecule has 0 saturated carbocycles. The van der Waals surface area contributed by atoms with Gasteiger partial charge in [-0.05, 0) is 31.9 Å². The first-order chi connectivity index (χ1) is 11.7. The zero-order chi connectivity index (χ0) is 16.8. The van der Waals surface area contributed by atoms with Crippen LogP contribution in [0.5, 0.6) is 0 Å². The normalized spacial score (nSPS) is 17.0. The van der Waals surface area contributed by atoms with Gasteiger partial charge in [-0.15, -0.1) is 11.3 Å². The fourth-order valence-electron chi connectivity index (χ4n) is 2.92. The van der Waals surface area contributed by atoms with Crippen molar-refractivity contribution < 1.29 is 9.53 Å². The lowest BCUT2D eigenvalue weighted by Gasteiger charge is -2.32. The maximum absolute atomic E-state index is 12.0. The Hall–Kier alpha value is -1.50. The highest BCUT2D eigenvalue weighted by molar-refractivity contribution is 7.18. The van der Waals surface area contributed by atoms with Crippen LogP contribution in [0.25, 0.3) is 10.2 Å². The standard InChI is InChI=1S/C18H25N3O2S/c1-14(21-9-11-23-12-10-21)13-19-17(22)7-4-8-18-20-15-5-2-3-6-16(15)24-18/h2-3,5-6,14H,4,7-13H2,1H3,(H,19,22). The van der Waals surface area contributed by atoms with Crippen LogP contribution in [-0.4, -0.2) is 54.7 Å². The van der Waals surface area contributed by atoms with E-state index in [-0.39, 0.29) is 5.91 Å². The molecule has 1 atom stereocenters. The third-order valence-corrected chi connectivity index (χ3v) is 5.49. The third kappa shape index (κ3) is 4.75. The lowest BCUT2D eigenvalue weighted by Crippen LogP contribution is -2.47. The number of ether oxygens (including phenoxy) is 1. The Morgan fingerprint density at radius 3 is 2.96 bits per heavy atom. The summed E-state index contributed by atoms with van der Waals surface area (Å²) in [4.78, 5) is 19.0. The number of hydrogen-bond donors (Lipinski definition) is 1. The summed E-state index contributed by atoms with van der Waals surface area (Å²) in [5.41, 5.74) is 1.06. The molecule has 1 fully saturated rings. The van der Waals surface area contributed by atoms with Crippen LogP contribution in [-0.2, 0) is 16.0 Å². The van der Waals surface area contributed by atoms with Gasteiger partial charge in [0.25, 0.3) is 0 Å². The molecule has 0 spiro atoms. The van der Waals surface area contributed by atoms with E-state index in [1.165, 1.54) is 4.70 Å². The second-order valence-corrected chi connectivity index (χ2v) is 7.35. The van der Waals surface area contributed by atoms with Gasteiger partial charge in [0.1, 0.15) is 0 Å². The van der Waals surface area contributed by atoms with Gasteiger partial charge < -0.3 is 10.1 Å². The SMILES string of the molecule is CC(CNC(=O)CCCc1nc2ccccc2s1)N1CCOCC1. The summed E-state index contributed by atoms with van der Waals surface area (Å²) in [5.74, 6) is 0.135. The van der Waals surface area contributed by atoms with Crippen molar-refractivity contribution in [3.8, 4) is 0 Å². The van der Waals surface area contributed by atoms with Gasteiger partial charge in [0, 0.05) is 32.1 Å². The highest BCUT2D eigenvalue weighted by atomic mass is 32.1. The molecule has 1 aliphatic heterocycles. The lowest BCUT2D eigenvalue weighted by molar-refractivity contribution is -0.121. The Morgan fingerprint density at radius 1 is 1.38 bits per heavy atom. The number of hydrogen-bond acceptors (Lipinski definition) is 5. The van der Waals surface area contributed by atoms with E-state index in [9.17, 15) is 4.79 Å². The molecule has 1 unspecified atom stereocenters. The number of carbonyl (C=O) groups excluding carboxylic acids is 1. The summed E-state index contributed by atoms with van der Waals surface area (Å²) >= 11 is 1.72. The van der Waals surface area contributed by atoms with E-state index >= 15 is 0 Å². The van der Waals surface area contributed by atoms with Crippen LogP contribution in [0.15, 0.2) is 24.3 Å². The summed E-state index contributed by atoms with van der Waals surface area (Å²) < 4.78 is 6.58. The molecule has 0 bridgehead atoms. The molecule has 6 heteroatoms. The predicted octanol–water partition coefficient (Wildman–Crippen LogP) is 2.46. The van der Waals surface area contributed by atoms with E-state index in [0.29, 0.717) is 19.0 Å². The quantitative estimate of drug-likeness (QED) is 0.836. The van der Waals surface area contributed by atoms with Gasteiger partial charge in [-0.1, -0.05) is 12.1 Å². The average molecular weight is 347 g/mol. The van der Waals surface area contributed by atoms with Crippen LogP contribution in [0.2, 0.25) is 0 Å². The highest BCUT2D eigenvalue weighted by Gasteiger charge is 2.17. The van der Waals surface area contributed by atoms with Gasteiger partial charge >= 0.3 is 0 Å². The fraction of sp³-hybridized carbons (Fsp3) is 0.556. The molecule has 2 heterocycles. The number of rotatable bonds is 7. The summed E-state index contributed by atoms with van der Waals surface area (Å²) in [6.07, 6.45) is 2.27. The highest BCUT2D eigenvalue weighted by Crippen LogP contribution is 2.22. The van der Waals surface area contributed by atoms with Gasteiger partial charge in [0.2, 0.25) is 5.91 Å². The molecule has 1 amide bonds. The van der Waals surface area contributed by atoms with Gasteiger partial charge in [-0.25, -0.2) is 4.98 Å². The molecule has 24 heavy (non-hydrogen) atoms. The smallest absolute Gasteiger partial charge is 0.220 e. The predicted molar refractivity (Wildman–Crippen MR) is 97.4 cm³/mol. The van der Waals surface area contributed by atoms with Crippen LogP contribution in [0.3, 0.4) is 0 Å². The molecule has 130 valence electrons. The van der Waals surface area contributed by atoms with E-state index in [4.69, 9.17) is 4.74 Å². The van der Waals surface area contributed by atoms with E-state index in [1.807, 2.05) is 18.2 Å². The fourth-order valence-corrected chi connectivity index (χ4v) is 3.93. The van der Waals surface area contributed by atoms with Gasteiger partial charge in [0.15, 0.2) is 0 Å². The number of thiazole rings is 1. The van der Waals surface area contributed by atoms with E-state index in [0.717, 1.165) is 49.7 Å². The molecule has 2 aromatic rings. The van der Waals surface area contributed by atoms with Gasteiger partial charge in [0.05, 0.1) is 28.4 Å². The summed E-state index contributed by atoms with van der Waals surface area (Å²) in [6.45, 7) is 6.36. The largest absolute Gasteiger partial charge is 0.379 e. The summed E-state index contributed by atoms with van der Waals surface area (Å²) in [5, 5.41) is 4.17. The topological polar surface area (TPSA) is 54.5 Å². The summed E-state index contributed by atoms with van der Waals surface area (Å²) in [7, 11) is 0. The van der Waals surface area contributed by atoms with E-state index in [2.05, 4.69) is 28.2 Å². The first-order valence-electron chi connectivity index (χ1n) is 8.65. The van der Waals surface area contributed by atoms with Crippen molar-refractivity contribution in [2.24, 2.45) is 0 Å². The monoisotopic (exact) mass is 347 g/mol. The lowest BCUT2D eigenvalue weighted by atomic mass is 10.2. The average Bonchev–Trinajstić information content (AvgIpc) is 3.03. The number of fused-ring (bicyclic) bond motifs is 1. The Labute approximate surface area is 147 Å². The molecule has 1 aromatic carbocycles. The number of aryl methyl sites for hydroxylation is 1. The first kappa shape index (κ1) is 17.3. The van der Waals surface area contributed by atoms with Crippen LogP contribution >= 0.6 is 11.3 Å². The van der Waals surface area contributed by atoms with Gasteiger partial charge in [-0.2, -0.15) is 0 Å². The number of para-hydroxylation sites is 1. The zero-order valence-electron chi connectivity index (χ0n) is 14.2. The van der Waals surface area contributed by atoms with Crippen molar-refractivity contribution in [3.05, 3.63) is 29.3 Å². The second kappa shape index (κ2) is 8.55. The molecule has 5 nitrogen and oxygen atoms in total. The molecule has 3 rings (SSSR count). The third-order valence-electron chi connectivity index (χ3n) is 4.40. The molecule has 1 aliphatic rings. The molecule has 1 N–H and O–H groups in total. The minimum atomic E-state index is 0.135. The Kier molecular flexibility index (Phi) is 6.18. The number of carbonyl (C=O) groups is 1. The summed E-state index contributed by atoms with van der Waals surface area (Å²) in [6, 6.07) is 8.54.